The molecular weight excluding hydrogens is 208 g/mol. The highest BCUT2D eigenvalue weighted by Crippen LogP contribution is 2.19. The molecule has 0 fully saturated rings. The zero-order chi connectivity index (χ0) is 11.1. The van der Waals surface area contributed by atoms with E-state index in [9.17, 15) is 0 Å². The minimum atomic E-state index is 0.396. The molecule has 0 aliphatic rings. The van der Waals surface area contributed by atoms with E-state index in [1.807, 2.05) is 0 Å². The van der Waals surface area contributed by atoms with E-state index in [1.54, 1.807) is 0 Å². The van der Waals surface area contributed by atoms with Crippen molar-refractivity contribution in [1.82, 2.24) is 9.36 Å². The van der Waals surface area contributed by atoms with Crippen LogP contribution in [0.4, 0.5) is 11.1 Å². The van der Waals surface area contributed by atoms with Gasteiger partial charge in [0, 0.05) is 24.6 Å². The Bertz CT molecular complexity index is 266. The van der Waals surface area contributed by atoms with E-state index in [1.165, 1.54) is 37.2 Å². The minimum absolute atomic E-state index is 0.396. The first kappa shape index (κ1) is 12.2. The highest BCUT2D eigenvalue weighted by molar-refractivity contribution is 7.09. The van der Waals surface area contributed by atoms with Crippen LogP contribution in [-0.2, 0) is 0 Å². The Kier molecular flexibility index (Phi) is 5.39. The zero-order valence-electron chi connectivity index (χ0n) is 9.57. The van der Waals surface area contributed by atoms with Crippen molar-refractivity contribution in [3.05, 3.63) is 0 Å². The number of aromatic nitrogens is 2. The SMILES string of the molecule is CCCCN(CCCC)c1nc(N)ns1. The second kappa shape index (κ2) is 6.61. The molecule has 4 nitrogen and oxygen atoms in total. The normalized spacial score (nSPS) is 10.5. The number of nitrogen functional groups attached to an aromatic ring is 1. The number of hydrogen-bond acceptors (Lipinski definition) is 5. The number of unbranched alkanes of at least 4 members (excludes halogenated alkanes) is 2. The van der Waals surface area contributed by atoms with Gasteiger partial charge in [0.1, 0.15) is 0 Å². The molecule has 1 aromatic heterocycles. The standard InChI is InChI=1S/C10H20N4S/c1-3-5-7-14(8-6-4-2)10-12-9(11)13-15-10/h3-8H2,1-2H3,(H2,11,13). The van der Waals surface area contributed by atoms with E-state index in [2.05, 4.69) is 28.1 Å². The first-order chi connectivity index (χ1) is 7.27. The second-order valence-corrected chi connectivity index (χ2v) is 4.36. The number of rotatable bonds is 7. The van der Waals surface area contributed by atoms with Gasteiger partial charge >= 0.3 is 0 Å². The van der Waals surface area contributed by atoms with Gasteiger partial charge in [0.25, 0.3) is 0 Å². The molecule has 15 heavy (non-hydrogen) atoms. The highest BCUT2D eigenvalue weighted by atomic mass is 32.1. The summed E-state index contributed by atoms with van der Waals surface area (Å²) in [5, 5.41) is 0.967. The van der Waals surface area contributed by atoms with Crippen LogP contribution in [0, 0.1) is 0 Å². The Morgan fingerprint density at radius 2 is 1.80 bits per heavy atom. The molecule has 86 valence electrons. The van der Waals surface area contributed by atoms with Crippen molar-refractivity contribution in [3.8, 4) is 0 Å². The molecular formula is C10H20N4S. The predicted octanol–water partition coefficient (Wildman–Crippen LogP) is 2.53. The third kappa shape index (κ3) is 4.03. The van der Waals surface area contributed by atoms with Gasteiger partial charge in [-0.15, -0.1) is 0 Å². The molecule has 5 heteroatoms. The maximum atomic E-state index is 5.54. The Morgan fingerprint density at radius 1 is 1.20 bits per heavy atom. The van der Waals surface area contributed by atoms with Crippen molar-refractivity contribution < 1.29 is 0 Å². The van der Waals surface area contributed by atoms with Crippen LogP contribution >= 0.6 is 11.5 Å². The average Bonchev–Trinajstić information content (AvgIpc) is 2.65. The molecule has 0 aromatic carbocycles. The smallest absolute Gasteiger partial charge is 0.233 e. The molecule has 0 spiro atoms. The summed E-state index contributed by atoms with van der Waals surface area (Å²) >= 11 is 1.40. The van der Waals surface area contributed by atoms with Gasteiger partial charge in [0.15, 0.2) is 0 Å². The largest absolute Gasteiger partial charge is 0.367 e. The van der Waals surface area contributed by atoms with Crippen molar-refractivity contribution in [1.29, 1.82) is 0 Å². The molecule has 0 unspecified atom stereocenters. The maximum absolute atomic E-state index is 5.54. The van der Waals surface area contributed by atoms with Crippen LogP contribution in [0.3, 0.4) is 0 Å². The highest BCUT2D eigenvalue weighted by Gasteiger charge is 2.10. The Morgan fingerprint density at radius 3 is 2.20 bits per heavy atom. The lowest BCUT2D eigenvalue weighted by atomic mass is 10.3. The molecule has 0 saturated heterocycles. The van der Waals surface area contributed by atoms with Gasteiger partial charge in [-0.25, -0.2) is 0 Å². The summed E-state index contributed by atoms with van der Waals surface area (Å²) in [5.74, 6) is 0.396. The Hall–Kier alpha value is -0.840. The molecule has 2 N–H and O–H groups in total. The van der Waals surface area contributed by atoms with Crippen LogP contribution in [0.2, 0.25) is 0 Å². The molecule has 0 atom stereocenters. The van der Waals surface area contributed by atoms with Gasteiger partial charge < -0.3 is 10.6 Å². The maximum Gasteiger partial charge on any atom is 0.233 e. The zero-order valence-corrected chi connectivity index (χ0v) is 10.4. The van der Waals surface area contributed by atoms with Crippen molar-refractivity contribution in [2.24, 2.45) is 0 Å². The molecule has 1 rings (SSSR count). The van der Waals surface area contributed by atoms with Gasteiger partial charge in [0.05, 0.1) is 0 Å². The number of hydrogen-bond donors (Lipinski definition) is 1. The van der Waals surface area contributed by atoms with Crippen LogP contribution in [-0.4, -0.2) is 22.4 Å². The summed E-state index contributed by atoms with van der Waals surface area (Å²) in [6.07, 6.45) is 4.81. The molecule has 1 heterocycles. The lowest BCUT2D eigenvalue weighted by Crippen LogP contribution is -2.25. The third-order valence-corrected chi connectivity index (χ3v) is 3.06. The minimum Gasteiger partial charge on any atom is -0.367 e. The van der Waals surface area contributed by atoms with Crippen LogP contribution in [0.15, 0.2) is 0 Å². The Balaban J connectivity index is 2.54. The third-order valence-electron chi connectivity index (χ3n) is 2.26. The van der Waals surface area contributed by atoms with Crippen LogP contribution in [0.25, 0.3) is 0 Å². The summed E-state index contributed by atoms with van der Waals surface area (Å²) in [4.78, 5) is 6.52. The lowest BCUT2D eigenvalue weighted by molar-refractivity contribution is 0.676. The van der Waals surface area contributed by atoms with Crippen molar-refractivity contribution >= 4 is 22.6 Å². The number of anilines is 2. The fourth-order valence-corrected chi connectivity index (χ4v) is 2.00. The molecule has 0 aliphatic heterocycles. The lowest BCUT2D eigenvalue weighted by Gasteiger charge is -2.20. The van der Waals surface area contributed by atoms with Gasteiger partial charge in [-0.3, -0.25) is 0 Å². The molecule has 1 aromatic rings. The van der Waals surface area contributed by atoms with Crippen LogP contribution < -0.4 is 10.6 Å². The van der Waals surface area contributed by atoms with E-state index >= 15 is 0 Å². The fourth-order valence-electron chi connectivity index (χ4n) is 1.36. The monoisotopic (exact) mass is 228 g/mol. The first-order valence-corrected chi connectivity index (χ1v) is 6.39. The van der Waals surface area contributed by atoms with Gasteiger partial charge in [0.2, 0.25) is 11.1 Å². The summed E-state index contributed by atoms with van der Waals surface area (Å²) in [6, 6.07) is 0. The molecule has 0 radical (unpaired) electrons. The summed E-state index contributed by atoms with van der Waals surface area (Å²) < 4.78 is 4.02. The Labute approximate surface area is 95.7 Å². The van der Waals surface area contributed by atoms with E-state index in [0.717, 1.165) is 18.2 Å². The first-order valence-electron chi connectivity index (χ1n) is 5.62. The van der Waals surface area contributed by atoms with Crippen molar-refractivity contribution in [3.63, 3.8) is 0 Å². The predicted molar refractivity (Wildman–Crippen MR) is 66.4 cm³/mol. The molecule has 0 aliphatic carbocycles. The van der Waals surface area contributed by atoms with Gasteiger partial charge in [-0.2, -0.15) is 9.36 Å². The van der Waals surface area contributed by atoms with Crippen LogP contribution in [0.5, 0.6) is 0 Å². The second-order valence-electron chi connectivity index (χ2n) is 3.63. The van der Waals surface area contributed by atoms with E-state index in [0.29, 0.717) is 5.95 Å². The molecule has 0 amide bonds. The van der Waals surface area contributed by atoms with Gasteiger partial charge in [-0.05, 0) is 12.8 Å². The van der Waals surface area contributed by atoms with E-state index in [4.69, 9.17) is 5.73 Å². The van der Waals surface area contributed by atoms with Crippen molar-refractivity contribution in [2.45, 2.75) is 39.5 Å². The van der Waals surface area contributed by atoms with Crippen LogP contribution in [0.1, 0.15) is 39.5 Å². The average molecular weight is 228 g/mol. The summed E-state index contributed by atoms with van der Waals surface area (Å²) in [5.41, 5.74) is 5.54. The quantitative estimate of drug-likeness (QED) is 0.779. The number of nitrogens with zero attached hydrogens (tertiary/aromatic N) is 3. The van der Waals surface area contributed by atoms with E-state index < -0.39 is 0 Å². The summed E-state index contributed by atoms with van der Waals surface area (Å²) in [7, 11) is 0. The van der Waals surface area contributed by atoms with Crippen molar-refractivity contribution in [2.75, 3.05) is 23.7 Å². The topological polar surface area (TPSA) is 55.0 Å². The fraction of sp³-hybridized carbons (Fsp3) is 0.800. The summed E-state index contributed by atoms with van der Waals surface area (Å²) in [6.45, 7) is 6.52. The molecule has 0 bridgehead atoms. The molecule has 0 saturated carbocycles. The van der Waals surface area contributed by atoms with Gasteiger partial charge in [-0.1, -0.05) is 26.7 Å². The number of nitrogens with two attached hydrogens (primary N) is 1. The van der Waals surface area contributed by atoms with E-state index in [-0.39, 0.29) is 0 Å².